The molecule has 1 N–H and O–H groups in total. The fourth-order valence-corrected chi connectivity index (χ4v) is 6.19. The molecule has 26 heavy (non-hydrogen) atoms. The zero-order chi connectivity index (χ0) is 19.1. The topological polar surface area (TPSA) is 80.7 Å². The molecule has 2 aromatic rings. The van der Waals surface area contributed by atoms with Crippen LogP contribution in [0.4, 0.5) is 0 Å². The third kappa shape index (κ3) is 2.92. The molecule has 7 heteroatoms. The van der Waals surface area contributed by atoms with E-state index in [0.29, 0.717) is 10.6 Å². The number of methoxy groups -OCH3 is 1. The molecule has 0 amide bonds. The van der Waals surface area contributed by atoms with Gasteiger partial charge < -0.3 is 9.84 Å². The summed E-state index contributed by atoms with van der Waals surface area (Å²) >= 11 is 6.03. The van der Waals surface area contributed by atoms with E-state index in [1.165, 1.54) is 19.2 Å². The van der Waals surface area contributed by atoms with Crippen molar-refractivity contribution in [2.75, 3.05) is 13.7 Å². The van der Waals surface area contributed by atoms with E-state index in [1.807, 2.05) is 6.92 Å². The summed E-state index contributed by atoms with van der Waals surface area (Å²) in [5, 5.41) is 9.19. The quantitative estimate of drug-likeness (QED) is 0.812. The van der Waals surface area contributed by atoms with Gasteiger partial charge in [-0.2, -0.15) is 0 Å². The molecule has 0 bridgehead atoms. The Hall–Kier alpha value is -1.89. The van der Waals surface area contributed by atoms with Gasteiger partial charge in [0.1, 0.15) is 5.41 Å². The molecule has 1 fully saturated rings. The number of hydrogen-bond acceptors (Lipinski definition) is 4. The Labute approximate surface area is 157 Å². The molecule has 0 unspecified atom stereocenters. The Morgan fingerprint density at radius 3 is 2.42 bits per heavy atom. The number of hydrogen-bond donors (Lipinski definition) is 1. The lowest BCUT2D eigenvalue weighted by atomic mass is 10.00. The van der Waals surface area contributed by atoms with Crippen LogP contribution < -0.4 is 0 Å². The average Bonchev–Trinajstić information content (AvgIpc) is 3.27. The third-order valence-electron chi connectivity index (χ3n) is 4.93. The average molecular weight is 395 g/mol. The molecule has 138 valence electrons. The van der Waals surface area contributed by atoms with Gasteiger partial charge in [0.2, 0.25) is 0 Å². The first-order valence-electron chi connectivity index (χ1n) is 8.03. The van der Waals surface area contributed by atoms with E-state index in [2.05, 4.69) is 0 Å². The Morgan fingerprint density at radius 2 is 1.88 bits per heavy atom. The lowest BCUT2D eigenvalue weighted by molar-refractivity contribution is -0.145. The number of carbonyl (C=O) groups is 1. The second-order valence-electron chi connectivity index (χ2n) is 6.59. The predicted molar refractivity (Wildman–Crippen MR) is 98.3 cm³/mol. The minimum Gasteiger partial charge on any atom is -0.481 e. The first kappa shape index (κ1) is 18.9. The zero-order valence-corrected chi connectivity index (χ0v) is 15.9. The molecule has 0 spiro atoms. The van der Waals surface area contributed by atoms with Crippen LogP contribution in [0, 0.1) is 12.3 Å². The Bertz CT molecular complexity index is 939. The van der Waals surface area contributed by atoms with Gasteiger partial charge in [-0.1, -0.05) is 41.4 Å². The van der Waals surface area contributed by atoms with E-state index >= 15 is 0 Å². The zero-order valence-electron chi connectivity index (χ0n) is 14.3. The lowest BCUT2D eigenvalue weighted by Gasteiger charge is -2.12. The van der Waals surface area contributed by atoms with Gasteiger partial charge in [0.25, 0.3) is 0 Å². The Balaban J connectivity index is 2.13. The number of rotatable bonds is 6. The molecule has 1 saturated carbocycles. The maximum Gasteiger partial charge on any atom is 0.314 e. The fourth-order valence-electron chi connectivity index (χ4n) is 3.63. The molecule has 2 aromatic carbocycles. The summed E-state index contributed by atoms with van der Waals surface area (Å²) in [6.07, 6.45) is 0. The fraction of sp³-hybridized carbons (Fsp3) is 0.316. The molecule has 0 aliphatic heterocycles. The molecule has 0 saturated heterocycles. The summed E-state index contributed by atoms with van der Waals surface area (Å²) in [6, 6.07) is 13.1. The van der Waals surface area contributed by atoms with E-state index in [4.69, 9.17) is 16.3 Å². The molecule has 1 aliphatic rings. The molecule has 1 aliphatic carbocycles. The molecule has 0 heterocycles. The van der Waals surface area contributed by atoms with Crippen molar-refractivity contribution in [3.8, 4) is 0 Å². The minimum absolute atomic E-state index is 0.111. The number of benzene rings is 2. The van der Waals surface area contributed by atoms with Gasteiger partial charge >= 0.3 is 5.97 Å². The Morgan fingerprint density at radius 1 is 1.23 bits per heavy atom. The molecular formula is C19H19ClO5S. The van der Waals surface area contributed by atoms with E-state index in [9.17, 15) is 18.3 Å². The van der Waals surface area contributed by atoms with E-state index in [1.54, 1.807) is 36.4 Å². The van der Waals surface area contributed by atoms with Crippen molar-refractivity contribution in [1.82, 2.24) is 0 Å². The summed E-state index contributed by atoms with van der Waals surface area (Å²) in [7, 11) is -2.50. The van der Waals surface area contributed by atoms with Crippen LogP contribution in [-0.4, -0.2) is 38.5 Å². The van der Waals surface area contributed by atoms with Crippen LogP contribution in [0.5, 0.6) is 0 Å². The van der Waals surface area contributed by atoms with Crippen LogP contribution >= 0.6 is 11.6 Å². The summed E-state index contributed by atoms with van der Waals surface area (Å²) in [6.45, 7) is 1.66. The van der Waals surface area contributed by atoms with Crippen LogP contribution in [0.25, 0.3) is 0 Å². The summed E-state index contributed by atoms with van der Waals surface area (Å²) < 4.78 is 31.5. The second-order valence-corrected chi connectivity index (χ2v) is 9.10. The maximum absolute atomic E-state index is 13.2. The lowest BCUT2D eigenvalue weighted by Crippen LogP contribution is -2.28. The van der Waals surface area contributed by atoms with Gasteiger partial charge in [-0.3, -0.25) is 4.79 Å². The standard InChI is InChI=1S/C19H19ClO5S/c1-12-6-8-15(9-7-12)26(23,24)17-16(13-4-3-5-14(20)10-13)19(17,11-25-2)18(21)22/h3-10,16-17H,11H2,1-2H3,(H,21,22)/t16-,17-,19+/m1/s1. The van der Waals surface area contributed by atoms with Crippen molar-refractivity contribution < 1.29 is 23.1 Å². The highest BCUT2D eigenvalue weighted by Crippen LogP contribution is 2.64. The first-order valence-corrected chi connectivity index (χ1v) is 9.96. The monoisotopic (exact) mass is 394 g/mol. The van der Waals surface area contributed by atoms with E-state index < -0.39 is 32.4 Å². The van der Waals surface area contributed by atoms with Gasteiger partial charge in [0.05, 0.1) is 16.8 Å². The molecule has 3 atom stereocenters. The van der Waals surface area contributed by atoms with Crippen LogP contribution in [0.1, 0.15) is 17.0 Å². The van der Waals surface area contributed by atoms with Crippen molar-refractivity contribution in [3.63, 3.8) is 0 Å². The summed E-state index contributed by atoms with van der Waals surface area (Å²) in [4.78, 5) is 12.2. The van der Waals surface area contributed by atoms with Crippen LogP contribution in [0.3, 0.4) is 0 Å². The highest BCUT2D eigenvalue weighted by Gasteiger charge is 2.76. The van der Waals surface area contributed by atoms with E-state index in [0.717, 1.165) is 5.56 Å². The van der Waals surface area contributed by atoms with Gasteiger partial charge in [0, 0.05) is 18.1 Å². The number of sulfone groups is 1. The van der Waals surface area contributed by atoms with E-state index in [-0.39, 0.29) is 11.5 Å². The smallest absolute Gasteiger partial charge is 0.314 e. The van der Waals surface area contributed by atoms with Crippen molar-refractivity contribution in [1.29, 1.82) is 0 Å². The summed E-state index contributed by atoms with van der Waals surface area (Å²) in [5.41, 5.74) is -0.0338. The molecule has 5 nitrogen and oxygen atoms in total. The van der Waals surface area contributed by atoms with Crippen LogP contribution in [0.15, 0.2) is 53.4 Å². The van der Waals surface area contributed by atoms with Gasteiger partial charge in [-0.05, 0) is 36.8 Å². The van der Waals surface area contributed by atoms with Crippen molar-refractivity contribution in [2.45, 2.75) is 23.0 Å². The highest BCUT2D eigenvalue weighted by molar-refractivity contribution is 7.92. The number of aryl methyl sites for hydroxylation is 1. The number of ether oxygens (including phenoxy) is 1. The highest BCUT2D eigenvalue weighted by atomic mass is 35.5. The SMILES string of the molecule is COC[C@]1(C(=O)O)[C@H](c2cccc(Cl)c2)[C@H]1S(=O)(=O)c1ccc(C)cc1. The number of halogens is 1. The van der Waals surface area contributed by atoms with Crippen LogP contribution in [-0.2, 0) is 19.4 Å². The summed E-state index contributed by atoms with van der Waals surface area (Å²) in [5.74, 6) is -1.92. The number of carboxylic acids is 1. The number of carboxylic acid groups (broad SMARTS) is 1. The molecule has 3 rings (SSSR count). The molecule has 0 radical (unpaired) electrons. The molecule has 0 aromatic heterocycles. The number of aliphatic carboxylic acids is 1. The largest absolute Gasteiger partial charge is 0.481 e. The second kappa shape index (κ2) is 6.68. The van der Waals surface area contributed by atoms with Gasteiger partial charge in [-0.25, -0.2) is 8.42 Å². The van der Waals surface area contributed by atoms with Crippen molar-refractivity contribution >= 4 is 27.4 Å². The van der Waals surface area contributed by atoms with Crippen LogP contribution in [0.2, 0.25) is 5.02 Å². The van der Waals surface area contributed by atoms with Gasteiger partial charge in [0.15, 0.2) is 9.84 Å². The van der Waals surface area contributed by atoms with Crippen molar-refractivity contribution in [3.05, 3.63) is 64.7 Å². The van der Waals surface area contributed by atoms with Gasteiger partial charge in [-0.15, -0.1) is 0 Å². The first-order chi connectivity index (χ1) is 12.2. The van der Waals surface area contributed by atoms with Crippen molar-refractivity contribution in [2.24, 2.45) is 5.41 Å². The molecular weight excluding hydrogens is 376 g/mol. The third-order valence-corrected chi connectivity index (χ3v) is 7.45. The maximum atomic E-state index is 13.2. The minimum atomic E-state index is -3.87. The normalized spacial score (nSPS) is 25.0. The predicted octanol–water partition coefficient (Wildman–Crippen LogP) is 3.31. The Kier molecular flexibility index (Phi) is 4.86.